The Bertz CT molecular complexity index is 897. The molecule has 3 rings (SSSR count). The van der Waals surface area contributed by atoms with E-state index in [4.69, 9.17) is 22.1 Å². The Balaban J connectivity index is 1.83. The molecule has 0 saturated heterocycles. The Morgan fingerprint density at radius 2 is 2.21 bits per heavy atom. The number of nitrogens with one attached hydrogen (secondary N) is 1. The van der Waals surface area contributed by atoms with Crippen LogP contribution in [0.4, 0.5) is 11.6 Å². The first-order chi connectivity index (χ1) is 11.6. The lowest BCUT2D eigenvalue weighted by atomic mass is 10.2. The van der Waals surface area contributed by atoms with Crippen molar-refractivity contribution in [2.24, 2.45) is 0 Å². The van der Waals surface area contributed by atoms with Crippen molar-refractivity contribution < 1.29 is 9.53 Å². The number of nitrogens with zero attached hydrogens (tertiary/aromatic N) is 2. The van der Waals surface area contributed by atoms with Gasteiger partial charge in [0.05, 0.1) is 17.7 Å². The first kappa shape index (κ1) is 16.5. The number of hydrogen-bond donors (Lipinski definition) is 2. The Morgan fingerprint density at radius 1 is 1.42 bits per heavy atom. The summed E-state index contributed by atoms with van der Waals surface area (Å²) in [5.74, 6) is 0.00246. The molecule has 0 radical (unpaired) electrons. The number of nitrogen functional groups attached to an aromatic ring is 1. The van der Waals surface area contributed by atoms with Gasteiger partial charge >= 0.3 is 5.97 Å². The van der Waals surface area contributed by atoms with E-state index in [1.165, 1.54) is 11.3 Å². The summed E-state index contributed by atoms with van der Waals surface area (Å²) in [6.45, 7) is 2.54. The number of esters is 1. The highest BCUT2D eigenvalue weighted by Gasteiger charge is 2.18. The Labute approximate surface area is 147 Å². The fraction of sp³-hybridized carbons (Fsp3) is 0.188. The number of carbonyl (C=O) groups is 1. The Hall–Kier alpha value is -2.38. The Kier molecular flexibility index (Phi) is 4.82. The molecule has 0 aliphatic rings. The average Bonchev–Trinajstić information content (AvgIpc) is 2.91. The van der Waals surface area contributed by atoms with Gasteiger partial charge in [-0.3, -0.25) is 0 Å². The van der Waals surface area contributed by atoms with Gasteiger partial charge in [0.1, 0.15) is 9.71 Å². The molecule has 24 heavy (non-hydrogen) atoms. The molecule has 3 N–H and O–H groups in total. The van der Waals surface area contributed by atoms with Gasteiger partial charge in [0.2, 0.25) is 5.95 Å². The number of ether oxygens (including phenoxy) is 1. The first-order valence-corrected chi connectivity index (χ1v) is 8.49. The molecule has 0 fully saturated rings. The van der Waals surface area contributed by atoms with Crippen molar-refractivity contribution >= 4 is 50.8 Å². The number of benzene rings is 1. The average molecular weight is 363 g/mol. The number of fused-ring (bicyclic) bond motifs is 1. The third kappa shape index (κ3) is 3.27. The van der Waals surface area contributed by atoms with E-state index in [-0.39, 0.29) is 0 Å². The second-order valence-electron chi connectivity index (χ2n) is 4.92. The standard InChI is InChI=1S/C16H15ClN4O2S/c1-2-23-15(22)13-12(18)10-8-20-16(21-14(10)24-13)19-7-9-5-3-4-6-11(9)17/h3-6,8H,2,7,18H2,1H3,(H,19,20,21). The van der Waals surface area contributed by atoms with Crippen LogP contribution in [0.25, 0.3) is 10.2 Å². The predicted octanol–water partition coefficient (Wildman–Crippen LogP) is 3.72. The smallest absolute Gasteiger partial charge is 0.350 e. The molecular weight excluding hydrogens is 348 g/mol. The molecule has 2 heterocycles. The maximum absolute atomic E-state index is 11.9. The van der Waals surface area contributed by atoms with Crippen LogP contribution in [0.3, 0.4) is 0 Å². The molecule has 0 atom stereocenters. The zero-order chi connectivity index (χ0) is 17.1. The van der Waals surface area contributed by atoms with Gasteiger partial charge in [-0.05, 0) is 18.6 Å². The van der Waals surface area contributed by atoms with Crippen LogP contribution in [-0.4, -0.2) is 22.5 Å². The predicted molar refractivity (Wildman–Crippen MR) is 96.6 cm³/mol. The normalized spacial score (nSPS) is 10.8. The molecule has 0 amide bonds. The van der Waals surface area contributed by atoms with Gasteiger partial charge in [-0.2, -0.15) is 0 Å². The quantitative estimate of drug-likeness (QED) is 0.672. The lowest BCUT2D eigenvalue weighted by Crippen LogP contribution is -2.04. The van der Waals surface area contributed by atoms with Gasteiger partial charge in [0.15, 0.2) is 0 Å². The van der Waals surface area contributed by atoms with Gasteiger partial charge in [-0.25, -0.2) is 14.8 Å². The maximum atomic E-state index is 11.9. The van der Waals surface area contributed by atoms with Gasteiger partial charge in [-0.1, -0.05) is 29.8 Å². The number of aromatic nitrogens is 2. The third-order valence-electron chi connectivity index (χ3n) is 3.34. The molecule has 0 bridgehead atoms. The summed E-state index contributed by atoms with van der Waals surface area (Å²) in [6, 6.07) is 7.54. The van der Waals surface area contributed by atoms with E-state index in [0.717, 1.165) is 5.56 Å². The summed E-state index contributed by atoms with van der Waals surface area (Å²) in [5, 5.41) is 4.44. The van der Waals surface area contributed by atoms with Crippen molar-refractivity contribution in [1.82, 2.24) is 9.97 Å². The van der Waals surface area contributed by atoms with Crippen LogP contribution in [0, 0.1) is 0 Å². The second-order valence-corrected chi connectivity index (χ2v) is 6.33. The van der Waals surface area contributed by atoms with Crippen LogP contribution in [0.1, 0.15) is 22.2 Å². The van der Waals surface area contributed by atoms with Crippen molar-refractivity contribution in [1.29, 1.82) is 0 Å². The summed E-state index contributed by atoms with van der Waals surface area (Å²) < 4.78 is 5.00. The SMILES string of the molecule is CCOC(=O)c1sc2nc(NCc3ccccc3Cl)ncc2c1N. The number of rotatable bonds is 5. The van der Waals surface area contributed by atoms with Crippen LogP contribution in [-0.2, 0) is 11.3 Å². The monoisotopic (exact) mass is 362 g/mol. The minimum atomic E-state index is -0.441. The van der Waals surface area contributed by atoms with Crippen LogP contribution < -0.4 is 11.1 Å². The van der Waals surface area contributed by atoms with E-state index in [9.17, 15) is 4.79 Å². The van der Waals surface area contributed by atoms with Crippen molar-refractivity contribution in [2.45, 2.75) is 13.5 Å². The highest BCUT2D eigenvalue weighted by Crippen LogP contribution is 2.33. The fourth-order valence-electron chi connectivity index (χ4n) is 2.15. The summed E-state index contributed by atoms with van der Waals surface area (Å²) in [4.78, 5) is 21.5. The molecule has 3 aromatic rings. The maximum Gasteiger partial charge on any atom is 0.350 e. The summed E-state index contributed by atoms with van der Waals surface area (Å²) in [5.41, 5.74) is 7.29. The molecule has 0 spiro atoms. The summed E-state index contributed by atoms with van der Waals surface area (Å²) >= 11 is 7.32. The van der Waals surface area contributed by atoms with E-state index >= 15 is 0 Å². The number of thiophene rings is 1. The number of hydrogen-bond acceptors (Lipinski definition) is 7. The zero-order valence-electron chi connectivity index (χ0n) is 12.9. The fourth-order valence-corrected chi connectivity index (χ4v) is 3.31. The molecule has 6 nitrogen and oxygen atoms in total. The molecule has 0 saturated carbocycles. The number of carbonyl (C=O) groups excluding carboxylic acids is 1. The van der Waals surface area contributed by atoms with Crippen LogP contribution in [0.5, 0.6) is 0 Å². The van der Waals surface area contributed by atoms with Gasteiger partial charge in [0.25, 0.3) is 0 Å². The zero-order valence-corrected chi connectivity index (χ0v) is 14.4. The first-order valence-electron chi connectivity index (χ1n) is 7.29. The molecule has 1 aromatic carbocycles. The number of nitrogens with two attached hydrogens (primary N) is 1. The highest BCUT2D eigenvalue weighted by atomic mass is 35.5. The van der Waals surface area contributed by atoms with Crippen LogP contribution >= 0.6 is 22.9 Å². The summed E-state index contributed by atoms with van der Waals surface area (Å²) in [7, 11) is 0. The van der Waals surface area contributed by atoms with E-state index < -0.39 is 5.97 Å². The summed E-state index contributed by atoms with van der Waals surface area (Å²) in [6.07, 6.45) is 1.60. The van der Waals surface area contributed by atoms with E-state index in [0.29, 0.717) is 44.9 Å². The van der Waals surface area contributed by atoms with Gasteiger partial charge in [-0.15, -0.1) is 11.3 Å². The molecule has 0 unspecified atom stereocenters. The van der Waals surface area contributed by atoms with Crippen LogP contribution in [0.2, 0.25) is 5.02 Å². The molecule has 0 aliphatic heterocycles. The second kappa shape index (κ2) is 7.02. The van der Waals surface area contributed by atoms with Crippen molar-refractivity contribution in [3.8, 4) is 0 Å². The third-order valence-corrected chi connectivity index (χ3v) is 4.81. The molecular formula is C16H15ClN4O2S. The van der Waals surface area contributed by atoms with Gasteiger partial charge in [0, 0.05) is 17.8 Å². The lowest BCUT2D eigenvalue weighted by Gasteiger charge is -2.06. The van der Waals surface area contributed by atoms with Crippen molar-refractivity contribution in [3.63, 3.8) is 0 Å². The minimum absolute atomic E-state index is 0.294. The lowest BCUT2D eigenvalue weighted by molar-refractivity contribution is 0.0533. The molecule has 124 valence electrons. The van der Waals surface area contributed by atoms with E-state index in [1.807, 2.05) is 24.3 Å². The van der Waals surface area contributed by atoms with Gasteiger partial charge < -0.3 is 15.8 Å². The molecule has 2 aromatic heterocycles. The minimum Gasteiger partial charge on any atom is -0.462 e. The van der Waals surface area contributed by atoms with Crippen molar-refractivity contribution in [3.05, 3.63) is 45.9 Å². The van der Waals surface area contributed by atoms with E-state index in [1.54, 1.807) is 13.1 Å². The molecule has 8 heteroatoms. The molecule has 0 aliphatic carbocycles. The topological polar surface area (TPSA) is 90.1 Å². The Morgan fingerprint density at radius 3 is 2.96 bits per heavy atom. The van der Waals surface area contributed by atoms with E-state index in [2.05, 4.69) is 15.3 Å². The number of anilines is 2. The highest BCUT2D eigenvalue weighted by molar-refractivity contribution is 7.21. The number of halogens is 1. The van der Waals surface area contributed by atoms with Crippen molar-refractivity contribution in [2.75, 3.05) is 17.7 Å². The largest absolute Gasteiger partial charge is 0.462 e. The van der Waals surface area contributed by atoms with Crippen LogP contribution in [0.15, 0.2) is 30.5 Å².